The number of anilines is 1. The summed E-state index contributed by atoms with van der Waals surface area (Å²) in [5.41, 5.74) is 1.83. The van der Waals surface area contributed by atoms with Crippen LogP contribution in [-0.2, 0) is 4.79 Å². The molecule has 1 N–H and O–H groups in total. The van der Waals surface area contributed by atoms with Gasteiger partial charge in [-0.3, -0.25) is 14.9 Å². The van der Waals surface area contributed by atoms with E-state index in [2.05, 4.69) is 5.32 Å². The number of nitro benzene ring substituents is 1. The molecule has 0 heterocycles. The van der Waals surface area contributed by atoms with E-state index in [4.69, 9.17) is 4.74 Å². The molecule has 2 aromatic carbocycles. The van der Waals surface area contributed by atoms with Crippen LogP contribution in [0.3, 0.4) is 0 Å². The molecule has 0 spiro atoms. The first-order chi connectivity index (χ1) is 10.5. The lowest BCUT2D eigenvalue weighted by Gasteiger charge is -2.10. The largest absolute Gasteiger partial charge is 0.484 e. The highest BCUT2D eigenvalue weighted by Gasteiger charge is 2.14. The van der Waals surface area contributed by atoms with E-state index in [1.165, 1.54) is 12.1 Å². The van der Waals surface area contributed by atoms with Crippen LogP contribution < -0.4 is 10.1 Å². The van der Waals surface area contributed by atoms with Gasteiger partial charge in [-0.25, -0.2) is 0 Å². The van der Waals surface area contributed by atoms with Gasteiger partial charge in [0.1, 0.15) is 5.75 Å². The Morgan fingerprint density at radius 1 is 1.23 bits per heavy atom. The number of rotatable bonds is 5. The molecule has 2 aromatic rings. The minimum atomic E-state index is -0.478. The maximum absolute atomic E-state index is 11.9. The monoisotopic (exact) mass is 300 g/mol. The van der Waals surface area contributed by atoms with E-state index in [9.17, 15) is 14.9 Å². The molecule has 0 fully saturated rings. The van der Waals surface area contributed by atoms with E-state index in [0.29, 0.717) is 17.0 Å². The number of nitro groups is 1. The predicted octanol–water partition coefficient (Wildman–Crippen LogP) is 3.23. The topological polar surface area (TPSA) is 81.5 Å². The van der Waals surface area contributed by atoms with E-state index >= 15 is 0 Å². The van der Waals surface area contributed by atoms with Crippen molar-refractivity contribution in [3.05, 3.63) is 63.7 Å². The second-order valence-corrected chi connectivity index (χ2v) is 4.86. The van der Waals surface area contributed by atoms with Crippen molar-refractivity contribution in [3.8, 4) is 5.75 Å². The summed E-state index contributed by atoms with van der Waals surface area (Å²) >= 11 is 0. The number of carbonyl (C=O) groups is 1. The average Bonchev–Trinajstić information content (AvgIpc) is 2.47. The third-order valence-corrected chi connectivity index (χ3v) is 3.14. The smallest absolute Gasteiger partial charge is 0.274 e. The number of aryl methyl sites for hydroxylation is 1. The van der Waals surface area contributed by atoms with Gasteiger partial charge in [0.15, 0.2) is 6.61 Å². The van der Waals surface area contributed by atoms with Gasteiger partial charge >= 0.3 is 0 Å². The Morgan fingerprint density at radius 2 is 1.95 bits per heavy atom. The third-order valence-electron chi connectivity index (χ3n) is 3.14. The summed E-state index contributed by atoms with van der Waals surface area (Å²) in [5, 5.41) is 13.5. The van der Waals surface area contributed by atoms with Crippen LogP contribution in [-0.4, -0.2) is 17.4 Å². The number of ether oxygens (including phenoxy) is 1. The minimum absolute atomic E-state index is 0.0302. The van der Waals surface area contributed by atoms with Crippen LogP contribution in [0.5, 0.6) is 5.75 Å². The summed E-state index contributed by atoms with van der Waals surface area (Å²) in [7, 11) is 0. The molecular formula is C16H16N2O4. The van der Waals surface area contributed by atoms with Crippen LogP contribution in [0.25, 0.3) is 0 Å². The highest BCUT2D eigenvalue weighted by molar-refractivity contribution is 5.93. The summed E-state index contributed by atoms with van der Waals surface area (Å²) in [5.74, 6) is 0.232. The lowest BCUT2D eigenvalue weighted by Crippen LogP contribution is -2.20. The van der Waals surface area contributed by atoms with Gasteiger partial charge < -0.3 is 10.1 Å². The first-order valence-corrected chi connectivity index (χ1v) is 6.70. The van der Waals surface area contributed by atoms with Crippen molar-refractivity contribution in [3.63, 3.8) is 0 Å². The lowest BCUT2D eigenvalue weighted by atomic mass is 10.1. The van der Waals surface area contributed by atoms with E-state index in [-0.39, 0.29) is 18.2 Å². The standard InChI is InChI=1S/C16H16N2O4/c1-11-5-3-6-13(9-11)22-10-16(19)17-14-7-4-8-15(12(14)2)18(20)21/h3-9H,10H2,1-2H3,(H,17,19). The molecule has 0 saturated carbocycles. The van der Waals surface area contributed by atoms with E-state index < -0.39 is 4.92 Å². The van der Waals surface area contributed by atoms with Gasteiger partial charge in [-0.2, -0.15) is 0 Å². The fourth-order valence-electron chi connectivity index (χ4n) is 2.00. The summed E-state index contributed by atoms with van der Waals surface area (Å²) in [4.78, 5) is 22.3. The average molecular weight is 300 g/mol. The van der Waals surface area contributed by atoms with Gasteiger partial charge in [0.2, 0.25) is 0 Å². The zero-order valence-corrected chi connectivity index (χ0v) is 12.3. The van der Waals surface area contributed by atoms with Gasteiger partial charge in [-0.1, -0.05) is 18.2 Å². The summed E-state index contributed by atoms with van der Waals surface area (Å²) in [6.07, 6.45) is 0. The molecule has 0 radical (unpaired) electrons. The second kappa shape index (κ2) is 6.71. The number of nitrogens with one attached hydrogen (secondary N) is 1. The van der Waals surface area contributed by atoms with Crippen LogP contribution in [0.1, 0.15) is 11.1 Å². The molecule has 2 rings (SSSR count). The first kappa shape index (κ1) is 15.5. The van der Waals surface area contributed by atoms with Crippen LogP contribution in [0, 0.1) is 24.0 Å². The number of hydrogen-bond acceptors (Lipinski definition) is 4. The van der Waals surface area contributed by atoms with Crippen molar-refractivity contribution < 1.29 is 14.5 Å². The molecule has 114 valence electrons. The Labute approximate surface area is 127 Å². The van der Waals surface area contributed by atoms with Gasteiger partial charge in [0.25, 0.3) is 11.6 Å². The van der Waals surface area contributed by atoms with Crippen LogP contribution in [0.2, 0.25) is 0 Å². The van der Waals surface area contributed by atoms with Crippen molar-refractivity contribution in [1.82, 2.24) is 0 Å². The molecule has 0 saturated heterocycles. The third kappa shape index (κ3) is 3.82. The molecule has 1 amide bonds. The SMILES string of the molecule is Cc1cccc(OCC(=O)Nc2cccc([N+](=O)[O-])c2C)c1. The maximum Gasteiger partial charge on any atom is 0.274 e. The van der Waals surface area contributed by atoms with Gasteiger partial charge in [0.05, 0.1) is 16.2 Å². The van der Waals surface area contributed by atoms with Gasteiger partial charge in [-0.05, 0) is 37.6 Å². The normalized spacial score (nSPS) is 10.1. The minimum Gasteiger partial charge on any atom is -0.484 e. The molecule has 0 aliphatic rings. The Bertz CT molecular complexity index is 713. The van der Waals surface area contributed by atoms with Crippen molar-refractivity contribution in [2.24, 2.45) is 0 Å². The Kier molecular flexibility index (Phi) is 4.73. The Hall–Kier alpha value is -2.89. The van der Waals surface area contributed by atoms with Gasteiger partial charge in [-0.15, -0.1) is 0 Å². The molecule has 6 nitrogen and oxygen atoms in total. The highest BCUT2D eigenvalue weighted by Crippen LogP contribution is 2.25. The van der Waals surface area contributed by atoms with E-state index in [1.54, 1.807) is 19.1 Å². The summed E-state index contributed by atoms with van der Waals surface area (Å²) < 4.78 is 5.39. The summed E-state index contributed by atoms with van der Waals surface area (Å²) in [6, 6.07) is 11.9. The van der Waals surface area contributed by atoms with Crippen molar-refractivity contribution in [1.29, 1.82) is 0 Å². The lowest BCUT2D eigenvalue weighted by molar-refractivity contribution is -0.385. The number of hydrogen-bond donors (Lipinski definition) is 1. The number of benzene rings is 2. The van der Waals surface area contributed by atoms with Crippen molar-refractivity contribution in [2.75, 3.05) is 11.9 Å². The molecular weight excluding hydrogens is 284 g/mol. The summed E-state index contributed by atoms with van der Waals surface area (Å²) in [6.45, 7) is 3.36. The second-order valence-electron chi connectivity index (χ2n) is 4.86. The van der Waals surface area contributed by atoms with E-state index in [0.717, 1.165) is 5.56 Å². The molecule has 0 aliphatic heterocycles. The zero-order valence-electron chi connectivity index (χ0n) is 12.3. The van der Waals surface area contributed by atoms with Crippen molar-refractivity contribution >= 4 is 17.3 Å². The fraction of sp³-hybridized carbons (Fsp3) is 0.188. The predicted molar refractivity (Wildman–Crippen MR) is 83.1 cm³/mol. The quantitative estimate of drug-likeness (QED) is 0.679. The fourth-order valence-corrected chi connectivity index (χ4v) is 2.00. The first-order valence-electron chi connectivity index (χ1n) is 6.70. The number of amides is 1. The van der Waals surface area contributed by atoms with Crippen LogP contribution in [0.4, 0.5) is 11.4 Å². The molecule has 0 bridgehead atoms. The molecule has 0 atom stereocenters. The van der Waals surface area contributed by atoms with Crippen molar-refractivity contribution in [2.45, 2.75) is 13.8 Å². The Balaban J connectivity index is 2.01. The number of carbonyl (C=O) groups excluding carboxylic acids is 1. The van der Waals surface area contributed by atoms with Gasteiger partial charge in [0, 0.05) is 6.07 Å². The maximum atomic E-state index is 11.9. The highest BCUT2D eigenvalue weighted by atomic mass is 16.6. The Morgan fingerprint density at radius 3 is 2.64 bits per heavy atom. The molecule has 6 heteroatoms. The van der Waals surface area contributed by atoms with Crippen LogP contribution in [0.15, 0.2) is 42.5 Å². The zero-order chi connectivity index (χ0) is 16.1. The molecule has 0 aromatic heterocycles. The van der Waals surface area contributed by atoms with E-state index in [1.807, 2.05) is 25.1 Å². The molecule has 0 aliphatic carbocycles. The molecule has 22 heavy (non-hydrogen) atoms. The van der Waals surface area contributed by atoms with Crippen LogP contribution >= 0.6 is 0 Å². The molecule has 0 unspecified atom stereocenters. The number of nitrogens with zero attached hydrogens (tertiary/aromatic N) is 1.